The van der Waals surface area contributed by atoms with E-state index in [4.69, 9.17) is 9.84 Å². The van der Waals surface area contributed by atoms with Gasteiger partial charge in [-0.15, -0.1) is 0 Å². The Bertz CT molecular complexity index is 301. The van der Waals surface area contributed by atoms with Crippen molar-refractivity contribution in [3.05, 3.63) is 0 Å². The van der Waals surface area contributed by atoms with E-state index in [1.54, 1.807) is 6.92 Å². The zero-order valence-corrected chi connectivity index (χ0v) is 12.0. The maximum Gasteiger partial charge on any atom is 0.315 e. The molecule has 2 unspecified atom stereocenters. The molecule has 0 aromatic carbocycles. The first-order valence-corrected chi connectivity index (χ1v) is 6.55. The Morgan fingerprint density at radius 1 is 1.44 bits per heavy atom. The van der Waals surface area contributed by atoms with Gasteiger partial charge in [-0.2, -0.15) is 0 Å². The minimum Gasteiger partial charge on any atom is -0.393 e. The Kier molecular flexibility index (Phi) is 4.61. The summed E-state index contributed by atoms with van der Waals surface area (Å²) < 4.78 is 5.91. The van der Waals surface area contributed by atoms with Gasteiger partial charge in [0.1, 0.15) is 0 Å². The van der Waals surface area contributed by atoms with Gasteiger partial charge in [-0.3, -0.25) is 0 Å². The summed E-state index contributed by atoms with van der Waals surface area (Å²) in [5, 5.41) is 14.8. The van der Waals surface area contributed by atoms with Gasteiger partial charge in [0.15, 0.2) is 0 Å². The van der Waals surface area contributed by atoms with Gasteiger partial charge >= 0.3 is 6.03 Å². The van der Waals surface area contributed by atoms with Crippen molar-refractivity contribution >= 4 is 6.03 Å². The zero-order chi connectivity index (χ0) is 14.0. The molecule has 2 atom stereocenters. The van der Waals surface area contributed by atoms with Gasteiger partial charge in [-0.1, -0.05) is 0 Å². The Labute approximate surface area is 109 Å². The number of rotatable bonds is 4. The van der Waals surface area contributed by atoms with E-state index in [2.05, 4.69) is 10.6 Å². The molecule has 18 heavy (non-hydrogen) atoms. The second kappa shape index (κ2) is 5.45. The van der Waals surface area contributed by atoms with Crippen LogP contribution in [0.25, 0.3) is 0 Å². The summed E-state index contributed by atoms with van der Waals surface area (Å²) in [6.45, 7) is 10.2. The number of hydrogen-bond acceptors (Lipinski definition) is 3. The van der Waals surface area contributed by atoms with Crippen molar-refractivity contribution in [1.29, 1.82) is 0 Å². The van der Waals surface area contributed by atoms with Crippen LogP contribution in [0.1, 0.15) is 47.5 Å². The molecule has 2 amide bonds. The van der Waals surface area contributed by atoms with Crippen LogP contribution in [-0.2, 0) is 4.74 Å². The van der Waals surface area contributed by atoms with E-state index >= 15 is 0 Å². The number of ether oxygens (including phenoxy) is 1. The first-order valence-electron chi connectivity index (χ1n) is 6.55. The number of hydrogen-bond donors (Lipinski definition) is 3. The van der Waals surface area contributed by atoms with Crippen LogP contribution in [-0.4, -0.2) is 41.0 Å². The minimum atomic E-state index is -0.393. The number of nitrogens with one attached hydrogen (secondary N) is 2. The molecule has 0 radical (unpaired) electrons. The number of aliphatic hydroxyl groups is 1. The molecule has 0 spiro atoms. The molecule has 0 aromatic rings. The molecule has 3 N–H and O–H groups in total. The number of carbonyl (C=O) groups is 1. The molecule has 0 bridgehead atoms. The van der Waals surface area contributed by atoms with Gasteiger partial charge in [-0.25, -0.2) is 4.79 Å². The van der Waals surface area contributed by atoms with Crippen molar-refractivity contribution in [3.63, 3.8) is 0 Å². The Balaban J connectivity index is 2.40. The SMILES string of the molecule is CC(O)CCNC(=O)NC1CC(C)(C)OC1(C)C. The fourth-order valence-electron chi connectivity index (χ4n) is 2.39. The molecule has 0 aromatic heterocycles. The zero-order valence-electron chi connectivity index (χ0n) is 12.0. The van der Waals surface area contributed by atoms with Gasteiger partial charge in [0, 0.05) is 6.54 Å². The number of urea groups is 1. The number of amides is 2. The van der Waals surface area contributed by atoms with Gasteiger partial charge < -0.3 is 20.5 Å². The van der Waals surface area contributed by atoms with Gasteiger partial charge in [-0.05, 0) is 47.5 Å². The fourth-order valence-corrected chi connectivity index (χ4v) is 2.39. The van der Waals surface area contributed by atoms with Gasteiger partial charge in [0.05, 0.1) is 23.3 Å². The first kappa shape index (κ1) is 15.2. The smallest absolute Gasteiger partial charge is 0.315 e. The number of aliphatic hydroxyl groups excluding tert-OH is 1. The second-order valence-electron chi connectivity index (χ2n) is 6.26. The van der Waals surface area contributed by atoms with E-state index in [1.807, 2.05) is 27.7 Å². The third-order valence-electron chi connectivity index (χ3n) is 3.23. The average Bonchev–Trinajstić information content (AvgIpc) is 2.33. The summed E-state index contributed by atoms with van der Waals surface area (Å²) >= 11 is 0. The monoisotopic (exact) mass is 258 g/mol. The molecule has 106 valence electrons. The molecule has 5 heteroatoms. The lowest BCUT2D eigenvalue weighted by Crippen LogP contribution is -2.50. The first-order chi connectivity index (χ1) is 8.12. The lowest BCUT2D eigenvalue weighted by Gasteiger charge is -2.27. The van der Waals surface area contributed by atoms with Crippen molar-refractivity contribution < 1.29 is 14.6 Å². The van der Waals surface area contributed by atoms with Gasteiger partial charge in [0.2, 0.25) is 0 Å². The summed E-state index contributed by atoms with van der Waals surface area (Å²) in [5.41, 5.74) is -0.563. The Morgan fingerprint density at radius 2 is 2.06 bits per heavy atom. The van der Waals surface area contributed by atoms with E-state index < -0.39 is 6.10 Å². The molecule has 0 aliphatic carbocycles. The molecule has 5 nitrogen and oxygen atoms in total. The van der Waals surface area contributed by atoms with Crippen molar-refractivity contribution in [3.8, 4) is 0 Å². The molecular weight excluding hydrogens is 232 g/mol. The summed E-state index contributed by atoms with van der Waals surface area (Å²) in [6.07, 6.45) is 0.961. The van der Waals surface area contributed by atoms with E-state index in [1.165, 1.54) is 0 Å². The molecule has 1 aliphatic heterocycles. The topological polar surface area (TPSA) is 70.6 Å². The van der Waals surface area contributed by atoms with E-state index in [9.17, 15) is 4.79 Å². The van der Waals surface area contributed by atoms with Crippen LogP contribution in [0.4, 0.5) is 4.79 Å². The van der Waals surface area contributed by atoms with E-state index in [-0.39, 0.29) is 23.3 Å². The predicted molar refractivity (Wildman–Crippen MR) is 70.5 cm³/mol. The minimum absolute atomic E-state index is 0.000880. The molecule has 1 fully saturated rings. The highest BCUT2D eigenvalue weighted by Gasteiger charge is 2.46. The Hall–Kier alpha value is -0.810. The van der Waals surface area contributed by atoms with Crippen LogP contribution >= 0.6 is 0 Å². The molecule has 0 saturated carbocycles. The normalized spacial score (nSPS) is 26.7. The van der Waals surface area contributed by atoms with Crippen LogP contribution in [0.5, 0.6) is 0 Å². The summed E-state index contributed by atoms with van der Waals surface area (Å²) in [5.74, 6) is 0. The quantitative estimate of drug-likeness (QED) is 0.714. The molecular formula is C13H26N2O3. The highest BCUT2D eigenvalue weighted by atomic mass is 16.5. The summed E-state index contributed by atoms with van der Waals surface area (Å²) in [6, 6.07) is -0.200. The van der Waals surface area contributed by atoms with E-state index in [0.29, 0.717) is 13.0 Å². The highest BCUT2D eigenvalue weighted by molar-refractivity contribution is 5.74. The lowest BCUT2D eigenvalue weighted by molar-refractivity contribution is -0.0690. The largest absolute Gasteiger partial charge is 0.393 e. The van der Waals surface area contributed by atoms with Gasteiger partial charge in [0.25, 0.3) is 0 Å². The summed E-state index contributed by atoms with van der Waals surface area (Å²) in [7, 11) is 0. The second-order valence-corrected chi connectivity index (χ2v) is 6.26. The standard InChI is InChI=1S/C13H26N2O3/c1-9(16)6-7-14-11(17)15-10-8-12(2,3)18-13(10,4)5/h9-10,16H,6-8H2,1-5H3,(H2,14,15,17). The Morgan fingerprint density at radius 3 is 2.50 bits per heavy atom. The van der Waals surface area contributed by atoms with Crippen LogP contribution < -0.4 is 10.6 Å². The predicted octanol–water partition coefficient (Wildman–Crippen LogP) is 1.40. The third-order valence-corrected chi connectivity index (χ3v) is 3.23. The molecule has 1 rings (SSSR count). The molecule has 1 saturated heterocycles. The van der Waals surface area contributed by atoms with Crippen molar-refractivity contribution in [2.24, 2.45) is 0 Å². The molecule has 1 aliphatic rings. The van der Waals surface area contributed by atoms with Crippen molar-refractivity contribution in [2.45, 2.75) is 70.8 Å². The maximum absolute atomic E-state index is 11.7. The van der Waals surface area contributed by atoms with Crippen molar-refractivity contribution in [1.82, 2.24) is 10.6 Å². The maximum atomic E-state index is 11.7. The summed E-state index contributed by atoms with van der Waals surface area (Å²) in [4.78, 5) is 11.7. The van der Waals surface area contributed by atoms with Crippen LogP contribution in [0, 0.1) is 0 Å². The van der Waals surface area contributed by atoms with Crippen LogP contribution in [0.2, 0.25) is 0 Å². The van der Waals surface area contributed by atoms with Crippen molar-refractivity contribution in [2.75, 3.05) is 6.54 Å². The average molecular weight is 258 g/mol. The van der Waals surface area contributed by atoms with E-state index in [0.717, 1.165) is 6.42 Å². The number of carbonyl (C=O) groups excluding carboxylic acids is 1. The fraction of sp³-hybridized carbons (Fsp3) is 0.923. The molecule has 1 heterocycles. The third kappa shape index (κ3) is 4.46. The van der Waals surface area contributed by atoms with Crippen LogP contribution in [0.15, 0.2) is 0 Å². The highest BCUT2D eigenvalue weighted by Crippen LogP contribution is 2.37. The lowest BCUT2D eigenvalue weighted by atomic mass is 9.95. The van der Waals surface area contributed by atoms with Crippen LogP contribution in [0.3, 0.4) is 0 Å².